The standard InChI is InChI=1S/C20H23N5O/c1-13-22-11-15(12-23-13)14-6-7-16-17(10-14)25(18(26)20(16,2)3)19-21-8-5-9-24(19)4/h5-6,8-12,16,19H,7H2,1-4H3. The molecule has 6 nitrogen and oxygen atoms in total. The van der Waals surface area contributed by atoms with Gasteiger partial charge in [-0.3, -0.25) is 9.69 Å². The third-order valence-corrected chi connectivity index (χ3v) is 5.49. The number of likely N-dealkylation sites (tertiary alicyclic amines) is 1. The van der Waals surface area contributed by atoms with Gasteiger partial charge in [0.2, 0.25) is 12.2 Å². The van der Waals surface area contributed by atoms with Crippen LogP contribution < -0.4 is 0 Å². The first-order chi connectivity index (χ1) is 12.4. The lowest BCUT2D eigenvalue weighted by Crippen LogP contribution is -2.46. The van der Waals surface area contributed by atoms with Crippen molar-refractivity contribution >= 4 is 17.7 Å². The maximum Gasteiger partial charge on any atom is 0.236 e. The molecule has 134 valence electrons. The van der Waals surface area contributed by atoms with E-state index < -0.39 is 5.41 Å². The number of hydrogen-bond donors (Lipinski definition) is 0. The quantitative estimate of drug-likeness (QED) is 0.824. The van der Waals surface area contributed by atoms with E-state index >= 15 is 0 Å². The highest BCUT2D eigenvalue weighted by Gasteiger charge is 2.53. The van der Waals surface area contributed by atoms with Crippen LogP contribution in [-0.4, -0.2) is 45.2 Å². The smallest absolute Gasteiger partial charge is 0.236 e. The molecule has 3 heterocycles. The maximum atomic E-state index is 13.2. The van der Waals surface area contributed by atoms with Gasteiger partial charge in [0.15, 0.2) is 0 Å². The molecule has 1 fully saturated rings. The van der Waals surface area contributed by atoms with Crippen molar-refractivity contribution in [3.8, 4) is 0 Å². The lowest BCUT2D eigenvalue weighted by molar-refractivity contribution is -0.138. The second-order valence-electron chi connectivity index (χ2n) is 7.58. The molecule has 0 spiro atoms. The van der Waals surface area contributed by atoms with E-state index in [-0.39, 0.29) is 18.1 Å². The summed E-state index contributed by atoms with van der Waals surface area (Å²) in [4.78, 5) is 30.2. The van der Waals surface area contributed by atoms with Crippen LogP contribution in [0.15, 0.2) is 47.5 Å². The second-order valence-corrected chi connectivity index (χ2v) is 7.58. The highest BCUT2D eigenvalue weighted by molar-refractivity contribution is 5.90. The molecule has 26 heavy (non-hydrogen) atoms. The van der Waals surface area contributed by atoms with Crippen LogP contribution in [0.1, 0.15) is 31.7 Å². The summed E-state index contributed by atoms with van der Waals surface area (Å²) in [5.74, 6) is 1.02. The van der Waals surface area contributed by atoms with Crippen LogP contribution in [0.5, 0.6) is 0 Å². The Kier molecular flexibility index (Phi) is 3.79. The Balaban J connectivity index is 1.76. The summed E-state index contributed by atoms with van der Waals surface area (Å²) < 4.78 is 0. The lowest BCUT2D eigenvalue weighted by Gasteiger charge is -2.35. The molecular weight excluding hydrogens is 326 g/mol. The van der Waals surface area contributed by atoms with Crippen molar-refractivity contribution in [3.63, 3.8) is 0 Å². The van der Waals surface area contributed by atoms with E-state index in [1.54, 1.807) is 6.21 Å². The number of aryl methyl sites for hydroxylation is 1. The highest BCUT2D eigenvalue weighted by Crippen LogP contribution is 2.50. The Hall–Kier alpha value is -2.76. The largest absolute Gasteiger partial charge is 0.342 e. The van der Waals surface area contributed by atoms with Crippen molar-refractivity contribution < 1.29 is 4.79 Å². The molecule has 1 aromatic rings. The molecule has 0 aromatic carbocycles. The Morgan fingerprint density at radius 2 is 1.96 bits per heavy atom. The summed E-state index contributed by atoms with van der Waals surface area (Å²) in [6.45, 7) is 5.94. The van der Waals surface area contributed by atoms with Gasteiger partial charge in [-0.25, -0.2) is 15.0 Å². The third-order valence-electron chi connectivity index (χ3n) is 5.49. The molecule has 1 amide bonds. The topological polar surface area (TPSA) is 61.7 Å². The van der Waals surface area contributed by atoms with Crippen LogP contribution in [-0.2, 0) is 4.79 Å². The summed E-state index contributed by atoms with van der Waals surface area (Å²) in [6.07, 6.45) is 14.0. The molecule has 0 N–H and O–H groups in total. The molecule has 1 aliphatic carbocycles. The van der Waals surface area contributed by atoms with E-state index in [4.69, 9.17) is 0 Å². The minimum absolute atomic E-state index is 0.118. The van der Waals surface area contributed by atoms with Crippen molar-refractivity contribution in [2.75, 3.05) is 7.05 Å². The molecule has 4 rings (SSSR count). The summed E-state index contributed by atoms with van der Waals surface area (Å²) in [7, 11) is 1.94. The van der Waals surface area contributed by atoms with Crippen LogP contribution >= 0.6 is 0 Å². The summed E-state index contributed by atoms with van der Waals surface area (Å²) in [5, 5.41) is 0. The van der Waals surface area contributed by atoms with E-state index in [9.17, 15) is 4.79 Å². The first-order valence-corrected chi connectivity index (χ1v) is 8.86. The zero-order valence-corrected chi connectivity index (χ0v) is 15.5. The number of fused-ring (bicyclic) bond motifs is 1. The van der Waals surface area contributed by atoms with Gasteiger partial charge in [-0.2, -0.15) is 0 Å². The first-order valence-electron chi connectivity index (χ1n) is 8.86. The predicted molar refractivity (Wildman–Crippen MR) is 101 cm³/mol. The van der Waals surface area contributed by atoms with E-state index in [1.807, 2.05) is 62.3 Å². The van der Waals surface area contributed by atoms with Crippen LogP contribution in [0.2, 0.25) is 0 Å². The molecule has 6 heteroatoms. The zero-order valence-electron chi connectivity index (χ0n) is 15.5. The van der Waals surface area contributed by atoms with Gasteiger partial charge in [-0.15, -0.1) is 0 Å². The van der Waals surface area contributed by atoms with Gasteiger partial charge >= 0.3 is 0 Å². The molecule has 3 aliphatic rings. The van der Waals surface area contributed by atoms with Crippen molar-refractivity contribution in [1.29, 1.82) is 0 Å². The molecule has 0 bridgehead atoms. The molecular formula is C20H23N5O. The molecule has 2 aliphatic heterocycles. The summed E-state index contributed by atoms with van der Waals surface area (Å²) in [5.41, 5.74) is 2.61. The van der Waals surface area contributed by atoms with Crippen LogP contribution in [0.4, 0.5) is 0 Å². The predicted octanol–water partition coefficient (Wildman–Crippen LogP) is 2.75. The van der Waals surface area contributed by atoms with Gasteiger partial charge in [-0.05, 0) is 31.1 Å². The average molecular weight is 349 g/mol. The minimum Gasteiger partial charge on any atom is -0.342 e. The first kappa shape index (κ1) is 16.7. The molecule has 0 radical (unpaired) electrons. The van der Waals surface area contributed by atoms with Gasteiger partial charge in [0.1, 0.15) is 5.82 Å². The van der Waals surface area contributed by atoms with Crippen LogP contribution in [0.3, 0.4) is 0 Å². The van der Waals surface area contributed by atoms with E-state index in [0.29, 0.717) is 0 Å². The zero-order chi connectivity index (χ0) is 18.5. The van der Waals surface area contributed by atoms with E-state index in [1.165, 1.54) is 0 Å². The maximum absolute atomic E-state index is 13.2. The number of aliphatic imine (C=N–C) groups is 1. The number of carbonyl (C=O) groups is 1. The normalized spacial score (nSPS) is 26.7. The average Bonchev–Trinajstić information content (AvgIpc) is 2.82. The molecule has 2 atom stereocenters. The molecule has 2 unspecified atom stereocenters. The van der Waals surface area contributed by atoms with E-state index in [0.717, 1.165) is 29.1 Å². The van der Waals surface area contributed by atoms with Gasteiger partial charge in [0.05, 0.1) is 5.41 Å². The Morgan fingerprint density at radius 1 is 1.23 bits per heavy atom. The Bertz CT molecular complexity index is 863. The molecule has 0 saturated carbocycles. The monoisotopic (exact) mass is 349 g/mol. The summed E-state index contributed by atoms with van der Waals surface area (Å²) in [6, 6.07) is 0. The van der Waals surface area contributed by atoms with Crippen molar-refractivity contribution in [3.05, 3.63) is 53.9 Å². The second kappa shape index (κ2) is 5.90. The molecule has 1 saturated heterocycles. The van der Waals surface area contributed by atoms with Gasteiger partial charge in [0.25, 0.3) is 0 Å². The lowest BCUT2D eigenvalue weighted by atomic mass is 9.75. The van der Waals surface area contributed by atoms with Gasteiger partial charge in [-0.1, -0.05) is 19.9 Å². The molecule has 1 aromatic heterocycles. The number of hydrogen-bond acceptors (Lipinski definition) is 5. The van der Waals surface area contributed by atoms with Crippen molar-refractivity contribution in [2.24, 2.45) is 16.3 Å². The fourth-order valence-electron chi connectivity index (χ4n) is 3.88. The number of carbonyl (C=O) groups excluding carboxylic acids is 1. The van der Waals surface area contributed by atoms with Crippen LogP contribution in [0, 0.1) is 18.3 Å². The van der Waals surface area contributed by atoms with Gasteiger partial charge < -0.3 is 4.90 Å². The van der Waals surface area contributed by atoms with Crippen LogP contribution in [0.25, 0.3) is 5.57 Å². The minimum atomic E-state index is -0.449. The number of aromatic nitrogens is 2. The van der Waals surface area contributed by atoms with Crippen molar-refractivity contribution in [1.82, 2.24) is 19.8 Å². The third kappa shape index (κ3) is 2.48. The van der Waals surface area contributed by atoms with E-state index in [2.05, 4.69) is 27.1 Å². The highest BCUT2D eigenvalue weighted by atomic mass is 16.2. The number of amides is 1. The van der Waals surface area contributed by atoms with Gasteiger partial charge in [0, 0.05) is 49.0 Å². The fraction of sp³-hybridized carbons (Fsp3) is 0.400. The SMILES string of the molecule is Cc1ncc(C2=CCC3C(=C2)N(C2N=CC=CN2C)C(=O)C3(C)C)cn1. The number of nitrogens with zero attached hydrogens (tertiary/aromatic N) is 5. The Morgan fingerprint density at radius 3 is 2.65 bits per heavy atom. The summed E-state index contributed by atoms with van der Waals surface area (Å²) >= 11 is 0. The Labute approximate surface area is 153 Å². The fourth-order valence-corrected chi connectivity index (χ4v) is 3.88. The number of allylic oxidation sites excluding steroid dienone is 5. The van der Waals surface area contributed by atoms with Crippen molar-refractivity contribution in [2.45, 2.75) is 33.5 Å². The number of rotatable bonds is 2.